The highest BCUT2D eigenvalue weighted by Crippen LogP contribution is 2.20. The first-order valence-electron chi connectivity index (χ1n) is 7.50. The van der Waals surface area contributed by atoms with Gasteiger partial charge in [0.25, 0.3) is 5.91 Å². The van der Waals surface area contributed by atoms with E-state index in [1.54, 1.807) is 12.3 Å². The first-order chi connectivity index (χ1) is 10.7. The molecule has 1 aromatic carbocycles. The molecule has 0 radical (unpaired) electrons. The van der Waals surface area contributed by atoms with Crippen molar-refractivity contribution in [1.82, 2.24) is 9.88 Å². The van der Waals surface area contributed by atoms with E-state index in [-0.39, 0.29) is 5.91 Å². The number of carbonyl (C=O) groups is 1. The first kappa shape index (κ1) is 15.0. The van der Waals surface area contributed by atoms with Gasteiger partial charge in [-0.25, -0.2) is 4.98 Å². The lowest BCUT2D eigenvalue weighted by Gasteiger charge is -2.26. The average molecular weight is 360 g/mol. The van der Waals surface area contributed by atoms with Crippen LogP contribution in [0.5, 0.6) is 0 Å². The number of piperidine rings is 1. The van der Waals surface area contributed by atoms with Gasteiger partial charge in [0.05, 0.1) is 0 Å². The molecule has 1 amide bonds. The van der Waals surface area contributed by atoms with Crippen LogP contribution in [0, 0.1) is 0 Å². The molecule has 1 saturated heterocycles. The third kappa shape index (κ3) is 3.65. The fourth-order valence-electron chi connectivity index (χ4n) is 2.63. The topological polar surface area (TPSA) is 45.2 Å². The van der Waals surface area contributed by atoms with Crippen molar-refractivity contribution in [2.24, 2.45) is 0 Å². The van der Waals surface area contributed by atoms with Crippen molar-refractivity contribution in [3.05, 3.63) is 52.6 Å². The van der Waals surface area contributed by atoms with Gasteiger partial charge in [-0.15, -0.1) is 0 Å². The number of nitrogens with zero attached hydrogens (tertiary/aromatic N) is 2. The molecule has 2 aromatic rings. The van der Waals surface area contributed by atoms with Crippen LogP contribution in [0.1, 0.15) is 29.6 Å². The molecule has 1 fully saturated rings. The van der Waals surface area contributed by atoms with Crippen molar-refractivity contribution in [3.8, 4) is 0 Å². The number of aromatic nitrogens is 1. The van der Waals surface area contributed by atoms with E-state index in [4.69, 9.17) is 0 Å². The summed E-state index contributed by atoms with van der Waals surface area (Å²) in [5, 5.41) is 3.23. The largest absolute Gasteiger partial charge is 0.340 e. The molecule has 0 atom stereocenters. The SMILES string of the molecule is O=C(c1ccnc(Nc2cccc(Br)c2)c1)N1CCCCC1. The van der Waals surface area contributed by atoms with Gasteiger partial charge in [0.2, 0.25) is 0 Å². The second-order valence-corrected chi connectivity index (χ2v) is 6.33. The van der Waals surface area contributed by atoms with Gasteiger partial charge < -0.3 is 10.2 Å². The zero-order valence-corrected chi connectivity index (χ0v) is 13.8. The molecule has 22 heavy (non-hydrogen) atoms. The molecule has 0 saturated carbocycles. The standard InChI is InChI=1S/C17H18BrN3O/c18-14-5-4-6-15(12-14)20-16-11-13(7-8-19-16)17(22)21-9-2-1-3-10-21/h4-8,11-12H,1-3,9-10H2,(H,19,20). The Hall–Kier alpha value is -1.88. The Morgan fingerprint density at radius 2 is 1.95 bits per heavy atom. The Bertz CT molecular complexity index is 668. The summed E-state index contributed by atoms with van der Waals surface area (Å²) in [6.45, 7) is 1.71. The van der Waals surface area contributed by atoms with Crippen LogP contribution in [0.3, 0.4) is 0 Å². The van der Waals surface area contributed by atoms with Gasteiger partial charge >= 0.3 is 0 Å². The van der Waals surface area contributed by atoms with Crippen LogP contribution in [-0.4, -0.2) is 28.9 Å². The molecule has 0 bridgehead atoms. The Labute approximate surface area is 138 Å². The van der Waals surface area contributed by atoms with Gasteiger partial charge in [0, 0.05) is 35.0 Å². The zero-order chi connectivity index (χ0) is 15.4. The molecule has 0 unspecified atom stereocenters. The predicted molar refractivity (Wildman–Crippen MR) is 91.4 cm³/mol. The van der Waals surface area contributed by atoms with Crippen LogP contribution in [0.2, 0.25) is 0 Å². The minimum atomic E-state index is 0.0967. The van der Waals surface area contributed by atoms with E-state index >= 15 is 0 Å². The highest BCUT2D eigenvalue weighted by atomic mass is 79.9. The number of likely N-dealkylation sites (tertiary alicyclic amines) is 1. The molecule has 1 aliphatic heterocycles. The highest BCUT2D eigenvalue weighted by Gasteiger charge is 2.18. The van der Waals surface area contributed by atoms with Crippen LogP contribution < -0.4 is 5.32 Å². The second kappa shape index (κ2) is 6.92. The maximum absolute atomic E-state index is 12.5. The number of amides is 1. The minimum Gasteiger partial charge on any atom is -0.340 e. The molecule has 3 rings (SSSR count). The van der Waals surface area contributed by atoms with Crippen LogP contribution in [0.4, 0.5) is 11.5 Å². The number of rotatable bonds is 3. The summed E-state index contributed by atoms with van der Waals surface area (Å²) in [7, 11) is 0. The van der Waals surface area contributed by atoms with E-state index in [0.717, 1.165) is 36.1 Å². The summed E-state index contributed by atoms with van der Waals surface area (Å²) in [6, 6.07) is 11.5. The Kier molecular flexibility index (Phi) is 4.73. The van der Waals surface area contributed by atoms with Gasteiger partial charge in [-0.2, -0.15) is 0 Å². The Morgan fingerprint density at radius 3 is 2.73 bits per heavy atom. The third-order valence-corrected chi connectivity index (χ3v) is 4.24. The van der Waals surface area contributed by atoms with Crippen molar-refractivity contribution >= 4 is 33.3 Å². The fourth-order valence-corrected chi connectivity index (χ4v) is 3.02. The van der Waals surface area contributed by atoms with Crippen molar-refractivity contribution in [2.75, 3.05) is 18.4 Å². The molecule has 1 aromatic heterocycles. The maximum Gasteiger partial charge on any atom is 0.254 e. The highest BCUT2D eigenvalue weighted by molar-refractivity contribution is 9.10. The van der Waals surface area contributed by atoms with Gasteiger partial charge in [0.15, 0.2) is 0 Å². The molecular weight excluding hydrogens is 342 g/mol. The normalized spacial score (nSPS) is 14.7. The summed E-state index contributed by atoms with van der Waals surface area (Å²) in [6.07, 6.45) is 5.09. The minimum absolute atomic E-state index is 0.0967. The van der Waals surface area contributed by atoms with Crippen molar-refractivity contribution < 1.29 is 4.79 Å². The Morgan fingerprint density at radius 1 is 1.14 bits per heavy atom. The number of anilines is 2. The van der Waals surface area contributed by atoms with E-state index < -0.39 is 0 Å². The van der Waals surface area contributed by atoms with Gasteiger partial charge in [-0.3, -0.25) is 4.79 Å². The molecule has 1 N–H and O–H groups in total. The lowest BCUT2D eigenvalue weighted by Crippen LogP contribution is -2.35. The van der Waals surface area contributed by atoms with E-state index in [0.29, 0.717) is 11.4 Å². The number of hydrogen-bond donors (Lipinski definition) is 1. The summed E-state index contributed by atoms with van der Waals surface area (Å²) >= 11 is 3.44. The zero-order valence-electron chi connectivity index (χ0n) is 12.3. The molecule has 0 aliphatic carbocycles. The van der Waals surface area contributed by atoms with Gasteiger partial charge in [-0.05, 0) is 49.6 Å². The molecule has 5 heteroatoms. The van der Waals surface area contributed by atoms with Crippen molar-refractivity contribution in [2.45, 2.75) is 19.3 Å². The Balaban J connectivity index is 1.75. The smallest absolute Gasteiger partial charge is 0.254 e. The number of nitrogens with one attached hydrogen (secondary N) is 1. The predicted octanol–water partition coefficient (Wildman–Crippen LogP) is 4.21. The molecule has 2 heterocycles. The van der Waals surface area contributed by atoms with E-state index in [1.807, 2.05) is 35.2 Å². The summed E-state index contributed by atoms with van der Waals surface area (Å²) in [5.74, 6) is 0.778. The monoisotopic (exact) mass is 359 g/mol. The molecule has 1 aliphatic rings. The van der Waals surface area contributed by atoms with E-state index in [9.17, 15) is 4.79 Å². The van der Waals surface area contributed by atoms with Crippen LogP contribution >= 0.6 is 15.9 Å². The third-order valence-electron chi connectivity index (χ3n) is 3.75. The molecule has 114 valence electrons. The van der Waals surface area contributed by atoms with Crippen LogP contribution in [-0.2, 0) is 0 Å². The van der Waals surface area contributed by atoms with E-state index in [2.05, 4.69) is 26.2 Å². The average Bonchev–Trinajstić information content (AvgIpc) is 2.55. The van der Waals surface area contributed by atoms with Gasteiger partial charge in [-0.1, -0.05) is 22.0 Å². The van der Waals surface area contributed by atoms with Gasteiger partial charge in [0.1, 0.15) is 5.82 Å². The van der Waals surface area contributed by atoms with Crippen LogP contribution in [0.25, 0.3) is 0 Å². The molecule has 4 nitrogen and oxygen atoms in total. The summed E-state index contributed by atoms with van der Waals surface area (Å²) < 4.78 is 0.998. The molecular formula is C17H18BrN3O. The second-order valence-electron chi connectivity index (χ2n) is 5.42. The van der Waals surface area contributed by atoms with Crippen molar-refractivity contribution in [3.63, 3.8) is 0 Å². The fraction of sp³-hybridized carbons (Fsp3) is 0.294. The quantitative estimate of drug-likeness (QED) is 0.892. The lowest BCUT2D eigenvalue weighted by molar-refractivity contribution is 0.0724. The summed E-state index contributed by atoms with van der Waals surface area (Å²) in [4.78, 5) is 18.7. The number of benzene rings is 1. The van der Waals surface area contributed by atoms with E-state index in [1.165, 1.54) is 6.42 Å². The number of halogens is 1. The number of carbonyl (C=O) groups excluding carboxylic acids is 1. The number of hydrogen-bond acceptors (Lipinski definition) is 3. The first-order valence-corrected chi connectivity index (χ1v) is 8.29. The number of pyridine rings is 1. The van der Waals surface area contributed by atoms with Crippen LogP contribution in [0.15, 0.2) is 47.1 Å². The van der Waals surface area contributed by atoms with Crippen molar-refractivity contribution in [1.29, 1.82) is 0 Å². The molecule has 0 spiro atoms. The lowest BCUT2D eigenvalue weighted by atomic mass is 10.1. The maximum atomic E-state index is 12.5. The summed E-state index contributed by atoms with van der Waals surface area (Å²) in [5.41, 5.74) is 1.62.